The third-order valence-electron chi connectivity index (χ3n) is 4.08. The Balaban J connectivity index is 1.78. The molecule has 162 valence electrons. The van der Waals surface area contributed by atoms with Crippen molar-refractivity contribution in [3.63, 3.8) is 0 Å². The molecule has 0 fully saturated rings. The second-order valence-corrected chi connectivity index (χ2v) is 6.45. The van der Waals surface area contributed by atoms with Gasteiger partial charge in [0, 0.05) is 44.3 Å². The topological polar surface area (TPSA) is 97.9 Å². The Kier molecular flexibility index (Phi) is 10.2. The first-order chi connectivity index (χ1) is 14.6. The van der Waals surface area contributed by atoms with Crippen LogP contribution in [0.1, 0.15) is 16.8 Å². The molecule has 0 saturated carbocycles. The fourth-order valence-corrected chi connectivity index (χ4v) is 2.56. The summed E-state index contributed by atoms with van der Waals surface area (Å²) >= 11 is 0. The van der Waals surface area contributed by atoms with E-state index >= 15 is 0 Å². The lowest BCUT2D eigenvalue weighted by molar-refractivity contribution is -0.114. The smallest absolute Gasteiger partial charge is 0.251 e. The van der Waals surface area contributed by atoms with Gasteiger partial charge in [-0.1, -0.05) is 6.07 Å². The molecule has 0 aliphatic rings. The maximum atomic E-state index is 12.2. The van der Waals surface area contributed by atoms with Crippen molar-refractivity contribution >= 4 is 23.2 Å². The summed E-state index contributed by atoms with van der Waals surface area (Å²) in [6, 6.07) is 14.1. The van der Waals surface area contributed by atoms with E-state index in [0.717, 1.165) is 17.9 Å². The zero-order valence-corrected chi connectivity index (χ0v) is 17.4. The van der Waals surface area contributed by atoms with Gasteiger partial charge < -0.3 is 30.2 Å². The number of carbonyl (C=O) groups is 2. The highest BCUT2D eigenvalue weighted by Crippen LogP contribution is 2.16. The third kappa shape index (κ3) is 8.50. The summed E-state index contributed by atoms with van der Waals surface area (Å²) in [5.74, 6) is 0.334. The highest BCUT2D eigenvalue weighted by atomic mass is 16.5. The Bertz CT molecular complexity index is 796. The van der Waals surface area contributed by atoms with Crippen LogP contribution in [0.15, 0.2) is 48.5 Å². The van der Waals surface area contributed by atoms with Crippen molar-refractivity contribution in [3.8, 4) is 5.75 Å². The Morgan fingerprint density at radius 1 is 0.900 bits per heavy atom. The Morgan fingerprint density at radius 3 is 2.40 bits per heavy atom. The van der Waals surface area contributed by atoms with Crippen molar-refractivity contribution in [2.24, 2.45) is 0 Å². The largest absolute Gasteiger partial charge is 0.491 e. The number of nitrogens with one attached hydrogen (secondary N) is 3. The van der Waals surface area contributed by atoms with Crippen molar-refractivity contribution in [2.45, 2.75) is 6.42 Å². The third-order valence-corrected chi connectivity index (χ3v) is 4.08. The summed E-state index contributed by atoms with van der Waals surface area (Å²) in [4.78, 5) is 24.4. The van der Waals surface area contributed by atoms with E-state index in [1.807, 2.05) is 24.3 Å². The van der Waals surface area contributed by atoms with Crippen molar-refractivity contribution in [2.75, 3.05) is 57.8 Å². The Labute approximate surface area is 176 Å². The number of rotatable bonds is 13. The lowest BCUT2D eigenvalue weighted by Crippen LogP contribution is -2.25. The predicted molar refractivity (Wildman–Crippen MR) is 116 cm³/mol. The van der Waals surface area contributed by atoms with Gasteiger partial charge in [0.05, 0.1) is 13.2 Å². The lowest BCUT2D eigenvalue weighted by atomic mass is 10.2. The first kappa shape index (κ1) is 23.2. The van der Waals surface area contributed by atoms with Crippen LogP contribution >= 0.6 is 0 Å². The second-order valence-electron chi connectivity index (χ2n) is 6.45. The van der Waals surface area contributed by atoms with Gasteiger partial charge in [-0.15, -0.1) is 0 Å². The van der Waals surface area contributed by atoms with Gasteiger partial charge >= 0.3 is 0 Å². The van der Waals surface area contributed by atoms with Crippen LogP contribution in [0.3, 0.4) is 0 Å². The van der Waals surface area contributed by atoms with E-state index in [9.17, 15) is 9.59 Å². The average Bonchev–Trinajstić information content (AvgIpc) is 2.76. The standard InChI is InChI=1S/C22H29N3O5/c1-28-12-4-11-23-22(27)17-5-3-6-19(15-17)25-21(26)16-24-18-7-9-20(10-8-18)30-14-13-29-2/h3,5-10,15,24H,4,11-14,16H2,1-2H3,(H,23,27)(H,25,26). The van der Waals surface area contributed by atoms with Gasteiger partial charge in [-0.3, -0.25) is 9.59 Å². The summed E-state index contributed by atoms with van der Waals surface area (Å²) < 4.78 is 15.4. The number of hydrogen-bond donors (Lipinski definition) is 3. The van der Waals surface area contributed by atoms with Crippen LogP contribution in [-0.2, 0) is 14.3 Å². The van der Waals surface area contributed by atoms with Gasteiger partial charge in [-0.2, -0.15) is 0 Å². The van der Waals surface area contributed by atoms with E-state index in [2.05, 4.69) is 16.0 Å². The summed E-state index contributed by atoms with van der Waals surface area (Å²) in [6.07, 6.45) is 0.741. The highest BCUT2D eigenvalue weighted by molar-refractivity contribution is 5.98. The number of carbonyl (C=O) groups excluding carboxylic acids is 2. The summed E-state index contributed by atoms with van der Waals surface area (Å²) in [5.41, 5.74) is 1.85. The van der Waals surface area contributed by atoms with Crippen molar-refractivity contribution < 1.29 is 23.8 Å². The van der Waals surface area contributed by atoms with E-state index in [4.69, 9.17) is 14.2 Å². The monoisotopic (exact) mass is 415 g/mol. The molecule has 3 N–H and O–H groups in total. The highest BCUT2D eigenvalue weighted by Gasteiger charge is 2.08. The first-order valence-corrected chi connectivity index (χ1v) is 9.75. The minimum atomic E-state index is -0.215. The number of methoxy groups -OCH3 is 2. The van der Waals surface area contributed by atoms with E-state index in [1.54, 1.807) is 38.5 Å². The molecule has 2 aromatic carbocycles. The summed E-state index contributed by atoms with van der Waals surface area (Å²) in [6.45, 7) is 2.22. The summed E-state index contributed by atoms with van der Waals surface area (Å²) in [5, 5.41) is 8.66. The van der Waals surface area contributed by atoms with Crippen LogP contribution in [0.25, 0.3) is 0 Å². The number of anilines is 2. The van der Waals surface area contributed by atoms with Gasteiger partial charge in [0.15, 0.2) is 0 Å². The molecular formula is C22H29N3O5. The van der Waals surface area contributed by atoms with Gasteiger partial charge in [-0.05, 0) is 48.9 Å². The minimum Gasteiger partial charge on any atom is -0.491 e. The van der Waals surface area contributed by atoms with Gasteiger partial charge in [0.25, 0.3) is 5.91 Å². The molecule has 0 aliphatic heterocycles. The summed E-state index contributed by atoms with van der Waals surface area (Å²) in [7, 11) is 3.24. The number of hydrogen-bond acceptors (Lipinski definition) is 6. The fourth-order valence-electron chi connectivity index (χ4n) is 2.56. The molecule has 30 heavy (non-hydrogen) atoms. The van der Waals surface area contributed by atoms with Gasteiger partial charge in [-0.25, -0.2) is 0 Å². The average molecular weight is 415 g/mol. The Morgan fingerprint density at radius 2 is 1.67 bits per heavy atom. The van der Waals surface area contributed by atoms with Crippen LogP contribution in [0, 0.1) is 0 Å². The predicted octanol–water partition coefficient (Wildman–Crippen LogP) is 2.53. The second kappa shape index (κ2) is 13.2. The molecule has 2 aromatic rings. The molecular weight excluding hydrogens is 386 g/mol. The maximum absolute atomic E-state index is 12.2. The molecule has 2 amide bonds. The SMILES string of the molecule is COCCCNC(=O)c1cccc(NC(=O)CNc2ccc(OCCOC)cc2)c1. The molecule has 8 heteroatoms. The molecule has 2 rings (SSSR count). The van der Waals surface area contributed by atoms with Crippen molar-refractivity contribution in [3.05, 3.63) is 54.1 Å². The molecule has 0 radical (unpaired) electrons. The van der Waals surface area contributed by atoms with Crippen LogP contribution in [0.4, 0.5) is 11.4 Å². The fraction of sp³-hybridized carbons (Fsp3) is 0.364. The zero-order chi connectivity index (χ0) is 21.6. The van der Waals surface area contributed by atoms with Crippen LogP contribution in [0.5, 0.6) is 5.75 Å². The normalized spacial score (nSPS) is 10.3. The quantitative estimate of drug-likeness (QED) is 0.435. The minimum absolute atomic E-state index is 0.0946. The molecule has 8 nitrogen and oxygen atoms in total. The molecule has 0 atom stereocenters. The first-order valence-electron chi connectivity index (χ1n) is 9.75. The van der Waals surface area contributed by atoms with Crippen LogP contribution in [0.2, 0.25) is 0 Å². The zero-order valence-electron chi connectivity index (χ0n) is 17.4. The Hall–Kier alpha value is -3.10. The van der Waals surface area contributed by atoms with Gasteiger partial charge in [0.1, 0.15) is 12.4 Å². The molecule has 0 aromatic heterocycles. The molecule has 0 heterocycles. The number of amides is 2. The van der Waals surface area contributed by atoms with E-state index < -0.39 is 0 Å². The van der Waals surface area contributed by atoms with Crippen molar-refractivity contribution in [1.29, 1.82) is 0 Å². The maximum Gasteiger partial charge on any atom is 0.251 e. The van der Waals surface area contributed by atoms with Gasteiger partial charge in [0.2, 0.25) is 5.91 Å². The van der Waals surface area contributed by atoms with Crippen molar-refractivity contribution in [1.82, 2.24) is 5.32 Å². The number of ether oxygens (including phenoxy) is 3. The van der Waals surface area contributed by atoms with E-state index in [1.165, 1.54) is 0 Å². The molecule has 0 bridgehead atoms. The van der Waals surface area contributed by atoms with E-state index in [-0.39, 0.29) is 18.4 Å². The number of benzene rings is 2. The molecule has 0 spiro atoms. The molecule has 0 aliphatic carbocycles. The van der Waals surface area contributed by atoms with Crippen LogP contribution < -0.4 is 20.7 Å². The molecule has 0 saturated heterocycles. The van der Waals surface area contributed by atoms with Crippen LogP contribution in [-0.4, -0.2) is 58.9 Å². The van der Waals surface area contributed by atoms with E-state index in [0.29, 0.717) is 37.6 Å². The molecule has 0 unspecified atom stereocenters. The lowest BCUT2D eigenvalue weighted by Gasteiger charge is -2.10.